The highest BCUT2D eigenvalue weighted by molar-refractivity contribution is 5.79. The summed E-state index contributed by atoms with van der Waals surface area (Å²) in [5.41, 5.74) is 2.24. The lowest BCUT2D eigenvalue weighted by Gasteiger charge is -2.12. The smallest absolute Gasteiger partial charge is 0.190 e. The van der Waals surface area contributed by atoms with Gasteiger partial charge in [-0.15, -0.1) is 0 Å². The van der Waals surface area contributed by atoms with Crippen molar-refractivity contribution in [1.82, 2.24) is 15.6 Å². The van der Waals surface area contributed by atoms with Crippen molar-refractivity contribution in [1.29, 1.82) is 0 Å². The summed E-state index contributed by atoms with van der Waals surface area (Å²) in [6, 6.07) is 16.2. The lowest BCUT2D eigenvalue weighted by molar-refractivity contribution is 0.753. The molecule has 0 spiro atoms. The molecule has 0 bridgehead atoms. The molecule has 0 saturated carbocycles. The van der Waals surface area contributed by atoms with Crippen molar-refractivity contribution >= 4 is 11.6 Å². The van der Waals surface area contributed by atoms with E-state index in [9.17, 15) is 0 Å². The highest BCUT2D eigenvalue weighted by Crippen LogP contribution is 2.04. The van der Waals surface area contributed by atoms with Gasteiger partial charge in [0.15, 0.2) is 5.96 Å². The van der Waals surface area contributed by atoms with Crippen LogP contribution in [-0.2, 0) is 6.42 Å². The second-order valence-electron chi connectivity index (χ2n) is 5.14. The van der Waals surface area contributed by atoms with E-state index in [1.807, 2.05) is 42.6 Å². The molecule has 0 radical (unpaired) electrons. The molecule has 0 aliphatic rings. The third-order valence-electron chi connectivity index (χ3n) is 3.37. The third kappa shape index (κ3) is 6.82. The molecular weight excluding hydrogens is 286 g/mol. The summed E-state index contributed by atoms with van der Waals surface area (Å²) in [4.78, 5) is 8.54. The van der Waals surface area contributed by atoms with Crippen molar-refractivity contribution in [2.45, 2.75) is 12.8 Å². The Hall–Kier alpha value is -2.56. The Morgan fingerprint density at radius 3 is 2.48 bits per heavy atom. The Labute approximate surface area is 138 Å². The standard InChI is InChI=1S/C18H25N5/c1-19-18(23-15-11-17-10-5-6-12-20-17)22-14-7-13-21-16-8-3-2-4-9-16/h2-6,8-10,12,21H,7,11,13-15H2,1H3,(H2,19,22,23). The summed E-state index contributed by atoms with van der Waals surface area (Å²) in [5.74, 6) is 0.834. The van der Waals surface area contributed by atoms with Crippen molar-refractivity contribution in [3.63, 3.8) is 0 Å². The third-order valence-corrected chi connectivity index (χ3v) is 3.37. The summed E-state index contributed by atoms with van der Waals surface area (Å²) in [6.07, 6.45) is 3.73. The molecule has 0 atom stereocenters. The number of nitrogens with one attached hydrogen (secondary N) is 3. The number of anilines is 1. The van der Waals surface area contributed by atoms with Gasteiger partial charge in [-0.1, -0.05) is 24.3 Å². The lowest BCUT2D eigenvalue weighted by atomic mass is 10.3. The van der Waals surface area contributed by atoms with E-state index in [4.69, 9.17) is 0 Å². The average Bonchev–Trinajstić information content (AvgIpc) is 2.61. The maximum atomic E-state index is 4.31. The molecule has 0 saturated heterocycles. The van der Waals surface area contributed by atoms with Crippen LogP contribution in [0.3, 0.4) is 0 Å². The summed E-state index contributed by atoms with van der Waals surface area (Å²) in [6.45, 7) is 2.63. The monoisotopic (exact) mass is 311 g/mol. The number of guanidine groups is 1. The van der Waals surface area contributed by atoms with Gasteiger partial charge in [0.25, 0.3) is 0 Å². The highest BCUT2D eigenvalue weighted by atomic mass is 15.2. The molecule has 23 heavy (non-hydrogen) atoms. The number of nitrogens with zero attached hydrogens (tertiary/aromatic N) is 2. The quantitative estimate of drug-likeness (QED) is 0.398. The zero-order chi connectivity index (χ0) is 16.2. The van der Waals surface area contributed by atoms with Gasteiger partial charge in [-0.3, -0.25) is 9.98 Å². The number of benzene rings is 1. The summed E-state index contributed by atoms with van der Waals surface area (Å²) in [7, 11) is 1.79. The number of pyridine rings is 1. The first-order valence-corrected chi connectivity index (χ1v) is 8.02. The van der Waals surface area contributed by atoms with Crippen LogP contribution in [0.1, 0.15) is 12.1 Å². The average molecular weight is 311 g/mol. The van der Waals surface area contributed by atoms with Crippen LogP contribution in [0.5, 0.6) is 0 Å². The number of aromatic nitrogens is 1. The van der Waals surface area contributed by atoms with Crippen LogP contribution >= 0.6 is 0 Å². The van der Waals surface area contributed by atoms with Gasteiger partial charge in [-0.25, -0.2) is 0 Å². The molecule has 1 aromatic heterocycles. The number of para-hydroxylation sites is 1. The van der Waals surface area contributed by atoms with Crippen molar-refractivity contribution in [2.24, 2.45) is 4.99 Å². The van der Waals surface area contributed by atoms with Gasteiger partial charge in [0, 0.05) is 50.7 Å². The molecular formula is C18H25N5. The Morgan fingerprint density at radius 2 is 1.74 bits per heavy atom. The zero-order valence-corrected chi connectivity index (χ0v) is 13.6. The molecule has 0 aliphatic carbocycles. The minimum atomic E-state index is 0.818. The molecule has 0 amide bonds. The van der Waals surface area contributed by atoms with E-state index >= 15 is 0 Å². The fourth-order valence-electron chi connectivity index (χ4n) is 2.16. The first kappa shape index (κ1) is 16.8. The largest absolute Gasteiger partial charge is 0.385 e. The molecule has 2 aromatic rings. The lowest BCUT2D eigenvalue weighted by Crippen LogP contribution is -2.39. The summed E-state index contributed by atoms with van der Waals surface area (Å²) < 4.78 is 0. The predicted molar refractivity (Wildman–Crippen MR) is 96.9 cm³/mol. The molecule has 2 rings (SSSR count). The summed E-state index contributed by atoms with van der Waals surface area (Å²) in [5, 5.41) is 10.0. The van der Waals surface area contributed by atoms with E-state index in [0.29, 0.717) is 0 Å². The summed E-state index contributed by atoms with van der Waals surface area (Å²) >= 11 is 0. The van der Waals surface area contributed by atoms with Crippen LogP contribution in [0.15, 0.2) is 59.7 Å². The Kier molecular flexibility index (Phi) is 7.46. The predicted octanol–water partition coefficient (Wildman–Crippen LogP) is 2.29. The van der Waals surface area contributed by atoms with Gasteiger partial charge in [0.05, 0.1) is 0 Å². The number of hydrogen-bond acceptors (Lipinski definition) is 3. The number of hydrogen-bond donors (Lipinski definition) is 3. The molecule has 1 aromatic carbocycles. The number of aliphatic imine (C=N–C) groups is 1. The second-order valence-corrected chi connectivity index (χ2v) is 5.14. The van der Waals surface area contributed by atoms with Gasteiger partial charge in [-0.05, 0) is 30.7 Å². The fourth-order valence-corrected chi connectivity index (χ4v) is 2.16. The van der Waals surface area contributed by atoms with E-state index in [2.05, 4.69) is 38.1 Å². The van der Waals surface area contributed by atoms with E-state index < -0.39 is 0 Å². The molecule has 0 unspecified atom stereocenters. The first-order chi connectivity index (χ1) is 11.4. The minimum Gasteiger partial charge on any atom is -0.385 e. The van der Waals surface area contributed by atoms with Crippen LogP contribution in [0.25, 0.3) is 0 Å². The molecule has 1 heterocycles. The maximum absolute atomic E-state index is 4.31. The van der Waals surface area contributed by atoms with Gasteiger partial charge in [0.2, 0.25) is 0 Å². The van der Waals surface area contributed by atoms with Gasteiger partial charge in [0.1, 0.15) is 0 Å². The molecule has 5 nitrogen and oxygen atoms in total. The minimum absolute atomic E-state index is 0.818. The van der Waals surface area contributed by atoms with Crippen molar-refractivity contribution in [3.05, 3.63) is 60.4 Å². The topological polar surface area (TPSA) is 61.3 Å². The van der Waals surface area contributed by atoms with Gasteiger partial charge in [-0.2, -0.15) is 0 Å². The van der Waals surface area contributed by atoms with Gasteiger partial charge < -0.3 is 16.0 Å². The van der Waals surface area contributed by atoms with Crippen LogP contribution in [0, 0.1) is 0 Å². The van der Waals surface area contributed by atoms with Crippen molar-refractivity contribution in [3.8, 4) is 0 Å². The number of rotatable bonds is 8. The maximum Gasteiger partial charge on any atom is 0.190 e. The fraction of sp³-hybridized carbons (Fsp3) is 0.333. The Balaban J connectivity index is 1.56. The Bertz CT molecular complexity index is 568. The zero-order valence-electron chi connectivity index (χ0n) is 13.6. The molecule has 122 valence electrons. The molecule has 5 heteroatoms. The van der Waals surface area contributed by atoms with E-state index in [0.717, 1.165) is 49.8 Å². The SMILES string of the molecule is CN=C(NCCCNc1ccccc1)NCCc1ccccn1. The second kappa shape index (κ2) is 10.2. The van der Waals surface area contributed by atoms with Crippen LogP contribution < -0.4 is 16.0 Å². The van der Waals surface area contributed by atoms with E-state index in [-0.39, 0.29) is 0 Å². The van der Waals surface area contributed by atoms with Crippen LogP contribution in [0.2, 0.25) is 0 Å². The van der Waals surface area contributed by atoms with Gasteiger partial charge >= 0.3 is 0 Å². The van der Waals surface area contributed by atoms with E-state index in [1.54, 1.807) is 7.05 Å². The van der Waals surface area contributed by atoms with E-state index in [1.165, 1.54) is 0 Å². The highest BCUT2D eigenvalue weighted by Gasteiger charge is 1.98. The molecule has 0 fully saturated rings. The first-order valence-electron chi connectivity index (χ1n) is 8.02. The van der Waals surface area contributed by atoms with Crippen molar-refractivity contribution < 1.29 is 0 Å². The Morgan fingerprint density at radius 1 is 0.957 bits per heavy atom. The molecule has 0 aliphatic heterocycles. The van der Waals surface area contributed by atoms with Crippen molar-refractivity contribution in [2.75, 3.05) is 32.0 Å². The van der Waals surface area contributed by atoms with Crippen LogP contribution in [-0.4, -0.2) is 37.6 Å². The molecule has 3 N–H and O–H groups in total. The van der Waals surface area contributed by atoms with Crippen LogP contribution in [0.4, 0.5) is 5.69 Å². The normalized spacial score (nSPS) is 11.1.